The molecule has 3 heteroatoms. The van der Waals surface area contributed by atoms with Crippen LogP contribution in [0.4, 0.5) is 0 Å². The molecule has 1 aliphatic rings. The van der Waals surface area contributed by atoms with Gasteiger partial charge in [-0.2, -0.15) is 0 Å². The van der Waals surface area contributed by atoms with Gasteiger partial charge in [0.25, 0.3) is 0 Å². The van der Waals surface area contributed by atoms with E-state index in [9.17, 15) is 14.7 Å². The summed E-state index contributed by atoms with van der Waals surface area (Å²) < 4.78 is 0. The molecule has 1 aliphatic carbocycles. The Morgan fingerprint density at radius 1 is 1.04 bits per heavy atom. The molecule has 0 aromatic heterocycles. The van der Waals surface area contributed by atoms with Gasteiger partial charge in [0.05, 0.1) is 0 Å². The van der Waals surface area contributed by atoms with E-state index in [1.807, 2.05) is 13.0 Å². The quantitative estimate of drug-likeness (QED) is 0.267. The van der Waals surface area contributed by atoms with E-state index >= 15 is 0 Å². The molecule has 0 saturated carbocycles. The third-order valence-electron chi connectivity index (χ3n) is 4.69. The fourth-order valence-corrected chi connectivity index (χ4v) is 2.99. The lowest BCUT2D eigenvalue weighted by Crippen LogP contribution is -2.19. The zero-order chi connectivity index (χ0) is 19.5. The number of ketones is 2. The third-order valence-corrected chi connectivity index (χ3v) is 4.69. The highest BCUT2D eigenvalue weighted by atomic mass is 16.3. The van der Waals surface area contributed by atoms with Crippen molar-refractivity contribution >= 4 is 11.6 Å². The van der Waals surface area contributed by atoms with Crippen molar-refractivity contribution in [3.63, 3.8) is 0 Å². The summed E-state index contributed by atoms with van der Waals surface area (Å²) in [5.74, 6) is -0.945. The summed E-state index contributed by atoms with van der Waals surface area (Å²) in [7, 11) is 0. The third kappa shape index (κ3) is 7.55. The Kier molecular flexibility index (Phi) is 9.93. The zero-order valence-corrected chi connectivity index (χ0v) is 16.9. The average Bonchev–Trinajstić information content (AvgIpc) is 2.58. The number of Topliss-reactive ketones (excluding diaryl/α,β-unsaturated/α-hetero) is 1. The summed E-state index contributed by atoms with van der Waals surface area (Å²) in [5.41, 5.74) is 3.13. The minimum Gasteiger partial charge on any atom is -0.504 e. The van der Waals surface area contributed by atoms with Gasteiger partial charge in [-0.25, -0.2) is 0 Å². The molecule has 1 N–H and O–H groups in total. The highest BCUT2D eigenvalue weighted by molar-refractivity contribution is 6.21. The van der Waals surface area contributed by atoms with Gasteiger partial charge in [0, 0.05) is 11.1 Å². The van der Waals surface area contributed by atoms with E-state index < -0.39 is 0 Å². The lowest BCUT2D eigenvalue weighted by atomic mass is 9.90. The van der Waals surface area contributed by atoms with E-state index in [2.05, 4.69) is 26.8 Å². The maximum Gasteiger partial charge on any atom is 0.223 e. The topological polar surface area (TPSA) is 54.4 Å². The minimum absolute atomic E-state index is 0.223. The Labute approximate surface area is 158 Å². The molecule has 0 heterocycles. The molecule has 0 amide bonds. The van der Waals surface area contributed by atoms with E-state index in [4.69, 9.17) is 0 Å². The summed E-state index contributed by atoms with van der Waals surface area (Å²) >= 11 is 0. The number of rotatable bonds is 11. The molecule has 0 saturated heterocycles. The van der Waals surface area contributed by atoms with E-state index in [1.54, 1.807) is 0 Å². The van der Waals surface area contributed by atoms with Crippen molar-refractivity contribution in [3.8, 4) is 0 Å². The van der Waals surface area contributed by atoms with Crippen LogP contribution in [0.5, 0.6) is 0 Å². The number of aliphatic hydroxyl groups excluding tert-OH is 1. The number of allylic oxidation sites excluding steroid dienone is 7. The summed E-state index contributed by atoms with van der Waals surface area (Å²) in [5, 5.41) is 10.2. The van der Waals surface area contributed by atoms with Crippen LogP contribution in [0.15, 0.2) is 46.3 Å². The standard InChI is InChI=1S/C23H34O3/c1-5-6-7-8-9-13-19-16-21(24)20(23(26)22(19)25)15-14-18(4)12-10-11-17(2)3/h11,14,16,26H,5-10,12-13,15H2,1-4H3/b18-14+. The number of carbonyl (C=O) groups excluding carboxylic acids is 2. The van der Waals surface area contributed by atoms with Crippen molar-refractivity contribution in [2.75, 3.05) is 0 Å². The minimum atomic E-state index is -0.370. The van der Waals surface area contributed by atoms with Crippen LogP contribution in [0.2, 0.25) is 0 Å². The van der Waals surface area contributed by atoms with Crippen LogP contribution >= 0.6 is 0 Å². The predicted molar refractivity (Wildman–Crippen MR) is 108 cm³/mol. The van der Waals surface area contributed by atoms with Crippen LogP contribution in [0.1, 0.15) is 85.5 Å². The fourth-order valence-electron chi connectivity index (χ4n) is 2.99. The first-order chi connectivity index (χ1) is 12.4. The van der Waals surface area contributed by atoms with E-state index in [0.717, 1.165) is 37.7 Å². The van der Waals surface area contributed by atoms with Crippen LogP contribution in [-0.4, -0.2) is 16.7 Å². The molecule has 1 rings (SSSR count). The first-order valence-corrected chi connectivity index (χ1v) is 9.87. The molecule has 0 unspecified atom stereocenters. The Balaban J connectivity index is 2.62. The molecule has 0 fully saturated rings. The number of unbranched alkanes of at least 4 members (excludes halogenated alkanes) is 4. The average molecular weight is 359 g/mol. The lowest BCUT2D eigenvalue weighted by Gasteiger charge is -2.14. The Bertz CT molecular complexity index is 626. The van der Waals surface area contributed by atoms with Crippen molar-refractivity contribution in [1.29, 1.82) is 0 Å². The second kappa shape index (κ2) is 11.7. The van der Waals surface area contributed by atoms with Gasteiger partial charge in [-0.3, -0.25) is 9.59 Å². The van der Waals surface area contributed by atoms with Crippen LogP contribution in [0.3, 0.4) is 0 Å². The first-order valence-electron chi connectivity index (χ1n) is 9.87. The van der Waals surface area contributed by atoms with Gasteiger partial charge in [-0.15, -0.1) is 0 Å². The number of carbonyl (C=O) groups is 2. The number of hydrogen-bond donors (Lipinski definition) is 1. The van der Waals surface area contributed by atoms with Crippen LogP contribution in [-0.2, 0) is 9.59 Å². The largest absolute Gasteiger partial charge is 0.504 e. The van der Waals surface area contributed by atoms with E-state index in [1.165, 1.54) is 24.5 Å². The molecule has 144 valence electrons. The van der Waals surface area contributed by atoms with Crippen molar-refractivity contribution < 1.29 is 14.7 Å². The van der Waals surface area contributed by atoms with Crippen LogP contribution in [0.25, 0.3) is 0 Å². The Morgan fingerprint density at radius 3 is 2.38 bits per heavy atom. The molecular weight excluding hydrogens is 324 g/mol. The maximum atomic E-state index is 12.3. The SMILES string of the molecule is CCCCCCCC1=CC(=O)C(C/C=C(\C)CCC=C(C)C)=C(O)C1=O. The second-order valence-corrected chi connectivity index (χ2v) is 7.43. The van der Waals surface area contributed by atoms with E-state index in [0.29, 0.717) is 18.4 Å². The zero-order valence-electron chi connectivity index (χ0n) is 16.9. The highest BCUT2D eigenvalue weighted by Crippen LogP contribution is 2.25. The Morgan fingerprint density at radius 2 is 1.73 bits per heavy atom. The molecule has 3 nitrogen and oxygen atoms in total. The summed E-state index contributed by atoms with van der Waals surface area (Å²) in [6.45, 7) is 8.32. The molecular formula is C23H34O3. The smallest absolute Gasteiger partial charge is 0.223 e. The van der Waals surface area contributed by atoms with Gasteiger partial charge in [0.2, 0.25) is 5.78 Å². The monoisotopic (exact) mass is 358 g/mol. The molecule has 0 spiro atoms. The van der Waals surface area contributed by atoms with Gasteiger partial charge in [0.1, 0.15) is 0 Å². The normalized spacial score (nSPS) is 15.4. The van der Waals surface area contributed by atoms with Gasteiger partial charge in [-0.1, -0.05) is 55.9 Å². The van der Waals surface area contributed by atoms with Gasteiger partial charge in [-0.05, 0) is 59.0 Å². The van der Waals surface area contributed by atoms with E-state index in [-0.39, 0.29) is 22.9 Å². The maximum absolute atomic E-state index is 12.3. The van der Waals surface area contributed by atoms with Gasteiger partial charge in [0.15, 0.2) is 11.5 Å². The summed E-state index contributed by atoms with van der Waals surface area (Å²) in [6.07, 6.45) is 13.8. The molecule has 0 aliphatic heterocycles. The van der Waals surface area contributed by atoms with Crippen LogP contribution in [0, 0.1) is 0 Å². The second-order valence-electron chi connectivity index (χ2n) is 7.43. The van der Waals surface area contributed by atoms with Gasteiger partial charge < -0.3 is 5.11 Å². The lowest BCUT2D eigenvalue weighted by molar-refractivity contribution is -0.118. The van der Waals surface area contributed by atoms with Crippen LogP contribution < -0.4 is 0 Å². The van der Waals surface area contributed by atoms with Crippen molar-refractivity contribution in [2.45, 2.75) is 85.5 Å². The van der Waals surface area contributed by atoms with Crippen molar-refractivity contribution in [3.05, 3.63) is 46.3 Å². The molecule has 0 atom stereocenters. The van der Waals surface area contributed by atoms with Crippen molar-refractivity contribution in [2.24, 2.45) is 0 Å². The molecule has 0 aromatic carbocycles. The molecule has 0 bridgehead atoms. The summed E-state index contributed by atoms with van der Waals surface area (Å²) in [4.78, 5) is 24.7. The first kappa shape index (κ1) is 22.1. The van der Waals surface area contributed by atoms with Crippen molar-refractivity contribution in [1.82, 2.24) is 0 Å². The molecule has 0 radical (unpaired) electrons. The molecule has 26 heavy (non-hydrogen) atoms. The summed E-state index contributed by atoms with van der Waals surface area (Å²) in [6, 6.07) is 0. The molecule has 0 aromatic rings. The number of hydrogen-bond acceptors (Lipinski definition) is 3. The highest BCUT2D eigenvalue weighted by Gasteiger charge is 2.27. The van der Waals surface area contributed by atoms with Gasteiger partial charge >= 0.3 is 0 Å². The number of aliphatic hydroxyl groups is 1. The predicted octanol–water partition coefficient (Wildman–Crippen LogP) is 6.32. The fraction of sp³-hybridized carbons (Fsp3) is 0.565. The Hall–Kier alpha value is -1.90.